The summed E-state index contributed by atoms with van der Waals surface area (Å²) in [7, 11) is 0. The summed E-state index contributed by atoms with van der Waals surface area (Å²) in [5, 5.41) is 11.0. The molecule has 0 aliphatic heterocycles. The largest absolute Gasteiger partial charge is 0.457 e. The van der Waals surface area contributed by atoms with Crippen molar-refractivity contribution in [2.24, 2.45) is 0 Å². The van der Waals surface area contributed by atoms with Gasteiger partial charge in [0, 0.05) is 24.9 Å². The molecule has 9 nitrogen and oxygen atoms in total. The fourth-order valence-electron chi connectivity index (χ4n) is 3.53. The third-order valence-electron chi connectivity index (χ3n) is 5.28. The van der Waals surface area contributed by atoms with Gasteiger partial charge in [0.1, 0.15) is 17.1 Å². The number of rotatable bonds is 11. The average molecular weight is 545 g/mol. The van der Waals surface area contributed by atoms with Crippen LogP contribution in [0.2, 0.25) is 0 Å². The average Bonchev–Trinajstić information content (AvgIpc) is 2.91. The number of urea groups is 1. The number of nitrogens with one attached hydrogen (secondary N) is 4. The molecule has 0 radical (unpaired) electrons. The zero-order valence-electron chi connectivity index (χ0n) is 23.0. The minimum atomic E-state index is -0.594. The number of hydrogen-bond donors (Lipinski definition) is 4. The van der Waals surface area contributed by atoms with Crippen molar-refractivity contribution in [3.8, 4) is 11.5 Å². The van der Waals surface area contributed by atoms with Gasteiger partial charge in [-0.3, -0.25) is 4.79 Å². The highest BCUT2D eigenvalue weighted by molar-refractivity contribution is 5.90. The second-order valence-corrected chi connectivity index (χ2v) is 9.91. The Kier molecular flexibility index (Phi) is 11.1. The van der Waals surface area contributed by atoms with E-state index in [9.17, 15) is 14.4 Å². The maximum Gasteiger partial charge on any atom is 0.407 e. The van der Waals surface area contributed by atoms with Crippen molar-refractivity contribution in [3.63, 3.8) is 0 Å². The molecular formula is C31H36N4O5. The standard InChI is InChI=1S/C31H36N4O5/c1-31(2,3)40-30(38)33-21-20-32-28(36)19-16-25(22-23-10-6-4-7-11-23)35-29(37)34-24-14-17-27(18-15-24)39-26-12-8-5-9-13-26/h4-19,25H,20-22H2,1-3H3,(H,32,36)(H,33,38)(H2,34,35,37). The Bertz CT molecular complexity index is 1260. The fraction of sp³-hybridized carbons (Fsp3) is 0.258. The SMILES string of the molecule is CC(C)(C)OC(=O)NCCNC(=O)C=CC(Cc1ccccc1)NC(=O)Nc1ccc(Oc2ccccc2)cc1. The van der Waals surface area contributed by atoms with E-state index in [1.54, 1.807) is 51.1 Å². The van der Waals surface area contributed by atoms with Gasteiger partial charge in [-0.1, -0.05) is 54.6 Å². The molecule has 0 bridgehead atoms. The van der Waals surface area contributed by atoms with Crippen LogP contribution in [-0.2, 0) is 16.0 Å². The van der Waals surface area contributed by atoms with Crippen LogP contribution in [0.4, 0.5) is 15.3 Å². The molecule has 9 heteroatoms. The highest BCUT2D eigenvalue weighted by Gasteiger charge is 2.15. The molecule has 40 heavy (non-hydrogen) atoms. The predicted molar refractivity (Wildman–Crippen MR) is 155 cm³/mol. The molecule has 4 amide bonds. The summed E-state index contributed by atoms with van der Waals surface area (Å²) in [5.74, 6) is 1.02. The molecule has 1 unspecified atom stereocenters. The lowest BCUT2D eigenvalue weighted by Crippen LogP contribution is -2.39. The molecule has 0 heterocycles. The molecule has 1 atom stereocenters. The Hall–Kier alpha value is -4.79. The maximum atomic E-state index is 12.8. The second-order valence-electron chi connectivity index (χ2n) is 9.91. The summed E-state index contributed by atoms with van der Waals surface area (Å²) < 4.78 is 10.9. The second kappa shape index (κ2) is 15.0. The zero-order chi connectivity index (χ0) is 28.8. The van der Waals surface area contributed by atoms with Crippen LogP contribution < -0.4 is 26.0 Å². The number of hydrogen-bond acceptors (Lipinski definition) is 5. The number of para-hydroxylation sites is 1. The lowest BCUT2D eigenvalue weighted by Gasteiger charge is -2.19. The molecule has 0 fully saturated rings. The number of carbonyl (C=O) groups is 3. The van der Waals surface area contributed by atoms with Crippen LogP contribution >= 0.6 is 0 Å². The van der Waals surface area contributed by atoms with E-state index < -0.39 is 23.8 Å². The summed E-state index contributed by atoms with van der Waals surface area (Å²) >= 11 is 0. The zero-order valence-corrected chi connectivity index (χ0v) is 23.0. The van der Waals surface area contributed by atoms with Crippen LogP contribution in [0, 0.1) is 0 Å². The quantitative estimate of drug-likeness (QED) is 0.190. The van der Waals surface area contributed by atoms with E-state index in [0.717, 1.165) is 11.3 Å². The molecule has 0 saturated heterocycles. The van der Waals surface area contributed by atoms with Gasteiger partial charge in [-0.15, -0.1) is 0 Å². The van der Waals surface area contributed by atoms with E-state index in [1.165, 1.54) is 6.08 Å². The Morgan fingerprint density at radius 3 is 2.05 bits per heavy atom. The summed E-state index contributed by atoms with van der Waals surface area (Å²) in [4.78, 5) is 36.8. The lowest BCUT2D eigenvalue weighted by atomic mass is 10.1. The predicted octanol–water partition coefficient (Wildman–Crippen LogP) is 5.41. The van der Waals surface area contributed by atoms with Gasteiger partial charge in [-0.2, -0.15) is 0 Å². The fourth-order valence-corrected chi connectivity index (χ4v) is 3.53. The van der Waals surface area contributed by atoms with Crippen molar-refractivity contribution in [3.05, 3.63) is 103 Å². The molecule has 4 N–H and O–H groups in total. The highest BCUT2D eigenvalue weighted by Crippen LogP contribution is 2.22. The third kappa shape index (κ3) is 11.7. The van der Waals surface area contributed by atoms with Crippen molar-refractivity contribution in [2.75, 3.05) is 18.4 Å². The van der Waals surface area contributed by atoms with Crippen molar-refractivity contribution in [1.29, 1.82) is 0 Å². The van der Waals surface area contributed by atoms with Crippen molar-refractivity contribution in [1.82, 2.24) is 16.0 Å². The number of ether oxygens (including phenoxy) is 2. The van der Waals surface area contributed by atoms with Crippen molar-refractivity contribution < 1.29 is 23.9 Å². The minimum absolute atomic E-state index is 0.220. The van der Waals surface area contributed by atoms with Crippen LogP contribution in [0.25, 0.3) is 0 Å². The van der Waals surface area contributed by atoms with Crippen molar-refractivity contribution >= 4 is 23.7 Å². The van der Waals surface area contributed by atoms with Gasteiger partial charge in [0.25, 0.3) is 0 Å². The Morgan fingerprint density at radius 1 is 0.800 bits per heavy atom. The van der Waals surface area contributed by atoms with E-state index >= 15 is 0 Å². The summed E-state index contributed by atoms with van der Waals surface area (Å²) in [5.41, 5.74) is 1.00. The molecule has 0 spiro atoms. The molecule has 0 aliphatic rings. The van der Waals surface area contributed by atoms with E-state index in [2.05, 4.69) is 21.3 Å². The van der Waals surface area contributed by atoms with Gasteiger partial charge in [0.05, 0.1) is 6.04 Å². The van der Waals surface area contributed by atoms with Gasteiger partial charge in [-0.05, 0) is 69.2 Å². The number of amides is 4. The van der Waals surface area contributed by atoms with Gasteiger partial charge in [0.2, 0.25) is 5.91 Å². The van der Waals surface area contributed by atoms with Gasteiger partial charge < -0.3 is 30.7 Å². The van der Waals surface area contributed by atoms with E-state index in [1.807, 2.05) is 60.7 Å². The topological polar surface area (TPSA) is 118 Å². The van der Waals surface area contributed by atoms with Crippen LogP contribution in [0.5, 0.6) is 11.5 Å². The van der Waals surface area contributed by atoms with Crippen LogP contribution in [0.1, 0.15) is 26.3 Å². The monoisotopic (exact) mass is 544 g/mol. The molecular weight excluding hydrogens is 508 g/mol. The van der Waals surface area contributed by atoms with Gasteiger partial charge >= 0.3 is 12.1 Å². The number of carbonyl (C=O) groups excluding carboxylic acids is 3. The highest BCUT2D eigenvalue weighted by atomic mass is 16.6. The molecule has 3 rings (SSSR count). The van der Waals surface area contributed by atoms with Gasteiger partial charge in [0.15, 0.2) is 0 Å². The summed E-state index contributed by atoms with van der Waals surface area (Å²) in [6, 6.07) is 25.3. The molecule has 210 valence electrons. The number of benzene rings is 3. The first-order valence-electron chi connectivity index (χ1n) is 13.0. The van der Waals surface area contributed by atoms with E-state index in [-0.39, 0.29) is 19.0 Å². The Labute approximate surface area is 235 Å². The molecule has 3 aromatic carbocycles. The first-order chi connectivity index (χ1) is 19.2. The lowest BCUT2D eigenvalue weighted by molar-refractivity contribution is -0.116. The van der Waals surface area contributed by atoms with Crippen molar-refractivity contribution in [2.45, 2.75) is 38.8 Å². The Balaban J connectivity index is 1.52. The number of anilines is 1. The van der Waals surface area contributed by atoms with Crippen LogP contribution in [0.3, 0.4) is 0 Å². The van der Waals surface area contributed by atoms with E-state index in [4.69, 9.17) is 9.47 Å². The molecule has 0 aliphatic carbocycles. The van der Waals surface area contributed by atoms with Crippen LogP contribution in [0.15, 0.2) is 97.1 Å². The van der Waals surface area contributed by atoms with Gasteiger partial charge in [-0.25, -0.2) is 9.59 Å². The molecule has 0 saturated carbocycles. The normalized spacial score (nSPS) is 11.8. The number of alkyl carbamates (subject to hydrolysis) is 1. The maximum absolute atomic E-state index is 12.8. The first kappa shape index (κ1) is 29.8. The Morgan fingerprint density at radius 2 is 1.40 bits per heavy atom. The molecule has 3 aromatic rings. The summed E-state index contributed by atoms with van der Waals surface area (Å²) in [6.45, 7) is 5.77. The van der Waals surface area contributed by atoms with Crippen LogP contribution in [-0.4, -0.2) is 42.8 Å². The summed E-state index contributed by atoms with van der Waals surface area (Å²) in [6.07, 6.45) is 2.95. The first-order valence-corrected chi connectivity index (χ1v) is 13.0. The smallest absolute Gasteiger partial charge is 0.407 e. The minimum Gasteiger partial charge on any atom is -0.457 e. The third-order valence-corrected chi connectivity index (χ3v) is 5.28. The molecule has 0 aromatic heterocycles. The van der Waals surface area contributed by atoms with E-state index in [0.29, 0.717) is 17.9 Å².